The van der Waals surface area contributed by atoms with Crippen LogP contribution in [0.2, 0.25) is 0 Å². The fourth-order valence-corrected chi connectivity index (χ4v) is 1.34. The quantitative estimate of drug-likeness (QED) is 0.832. The molecule has 1 N–H and O–H groups in total. The Morgan fingerprint density at radius 3 is 2.47 bits per heavy atom. The molecule has 0 spiro atoms. The van der Waals surface area contributed by atoms with E-state index in [1.54, 1.807) is 0 Å². The molecule has 0 unspecified atom stereocenters. The summed E-state index contributed by atoms with van der Waals surface area (Å²) in [5, 5.41) is 10.8. The maximum atomic E-state index is 5.10. The van der Waals surface area contributed by atoms with Gasteiger partial charge in [-0.25, -0.2) is 0 Å². The van der Waals surface area contributed by atoms with Gasteiger partial charge >= 0.3 is 0 Å². The molecule has 4 heteroatoms. The van der Waals surface area contributed by atoms with Crippen LogP contribution in [-0.2, 0) is 0 Å². The number of anilines is 1. The summed E-state index contributed by atoms with van der Waals surface area (Å²) in [4.78, 5) is 0. The van der Waals surface area contributed by atoms with E-state index in [-0.39, 0.29) is 0 Å². The van der Waals surface area contributed by atoms with Crippen LogP contribution in [-0.4, -0.2) is 16.2 Å². The third-order valence-electron chi connectivity index (χ3n) is 1.95. The molecular weight excluding hydrogens is 190 g/mol. The van der Waals surface area contributed by atoms with Crippen LogP contribution in [0.3, 0.4) is 0 Å². The van der Waals surface area contributed by atoms with Crippen LogP contribution in [0.5, 0.6) is 0 Å². The van der Waals surface area contributed by atoms with Gasteiger partial charge in [0.25, 0.3) is 0 Å². The van der Waals surface area contributed by atoms with Gasteiger partial charge in [-0.05, 0) is 38.1 Å². The third kappa shape index (κ3) is 2.34. The SMILES string of the molecule is CC(C)Nc1ccc(-c2nnco2)cc1. The van der Waals surface area contributed by atoms with Crippen LogP contribution in [0, 0.1) is 0 Å². The molecular formula is C11H13N3O. The molecule has 0 saturated heterocycles. The summed E-state index contributed by atoms with van der Waals surface area (Å²) in [7, 11) is 0. The number of rotatable bonds is 3. The van der Waals surface area contributed by atoms with Crippen molar-refractivity contribution >= 4 is 5.69 Å². The molecule has 2 rings (SSSR count). The van der Waals surface area contributed by atoms with Crippen molar-refractivity contribution in [3.8, 4) is 11.5 Å². The van der Waals surface area contributed by atoms with E-state index in [4.69, 9.17) is 4.42 Å². The number of nitrogens with zero attached hydrogens (tertiary/aromatic N) is 2. The van der Waals surface area contributed by atoms with Gasteiger partial charge < -0.3 is 9.73 Å². The summed E-state index contributed by atoms with van der Waals surface area (Å²) in [6.07, 6.45) is 1.33. The molecule has 0 amide bonds. The average molecular weight is 203 g/mol. The average Bonchev–Trinajstić information content (AvgIpc) is 2.71. The van der Waals surface area contributed by atoms with Gasteiger partial charge in [0.15, 0.2) is 0 Å². The minimum Gasteiger partial charge on any atom is -0.423 e. The Morgan fingerprint density at radius 1 is 1.20 bits per heavy atom. The van der Waals surface area contributed by atoms with Gasteiger partial charge in [-0.15, -0.1) is 10.2 Å². The smallest absolute Gasteiger partial charge is 0.247 e. The van der Waals surface area contributed by atoms with Crippen LogP contribution in [0.15, 0.2) is 35.1 Å². The van der Waals surface area contributed by atoms with E-state index in [2.05, 4.69) is 29.4 Å². The van der Waals surface area contributed by atoms with Crippen LogP contribution >= 0.6 is 0 Å². The number of benzene rings is 1. The number of nitrogens with one attached hydrogen (secondary N) is 1. The van der Waals surface area contributed by atoms with Crippen LogP contribution in [0.25, 0.3) is 11.5 Å². The van der Waals surface area contributed by atoms with E-state index in [1.807, 2.05) is 24.3 Å². The van der Waals surface area contributed by atoms with Crippen molar-refractivity contribution in [2.24, 2.45) is 0 Å². The lowest BCUT2D eigenvalue weighted by Crippen LogP contribution is -2.09. The molecule has 1 heterocycles. The van der Waals surface area contributed by atoms with E-state index in [1.165, 1.54) is 6.39 Å². The molecule has 0 atom stereocenters. The van der Waals surface area contributed by atoms with Gasteiger partial charge in [0.2, 0.25) is 12.3 Å². The van der Waals surface area contributed by atoms with Crippen molar-refractivity contribution in [2.75, 3.05) is 5.32 Å². The molecule has 0 bridgehead atoms. The second-order valence-corrected chi connectivity index (χ2v) is 3.62. The standard InChI is InChI=1S/C11H13N3O/c1-8(2)13-10-5-3-9(4-6-10)11-14-12-7-15-11/h3-8,13H,1-2H3. The third-order valence-corrected chi connectivity index (χ3v) is 1.95. The van der Waals surface area contributed by atoms with E-state index in [0.29, 0.717) is 11.9 Å². The minimum atomic E-state index is 0.430. The summed E-state index contributed by atoms with van der Waals surface area (Å²) >= 11 is 0. The molecule has 1 aromatic carbocycles. The molecule has 0 radical (unpaired) electrons. The van der Waals surface area contributed by atoms with E-state index < -0.39 is 0 Å². The fourth-order valence-electron chi connectivity index (χ4n) is 1.34. The molecule has 0 aliphatic heterocycles. The Morgan fingerprint density at radius 2 is 1.93 bits per heavy atom. The molecule has 1 aromatic heterocycles. The van der Waals surface area contributed by atoms with Crippen molar-refractivity contribution in [3.63, 3.8) is 0 Å². The van der Waals surface area contributed by atoms with E-state index in [0.717, 1.165) is 11.3 Å². The van der Waals surface area contributed by atoms with Gasteiger partial charge in [-0.3, -0.25) is 0 Å². The monoisotopic (exact) mass is 203 g/mol. The molecule has 0 saturated carbocycles. The first-order chi connectivity index (χ1) is 7.25. The summed E-state index contributed by atoms with van der Waals surface area (Å²) in [6, 6.07) is 8.34. The lowest BCUT2D eigenvalue weighted by atomic mass is 10.2. The van der Waals surface area contributed by atoms with Crippen LogP contribution in [0.1, 0.15) is 13.8 Å². The van der Waals surface area contributed by atoms with E-state index >= 15 is 0 Å². The first-order valence-electron chi connectivity index (χ1n) is 4.89. The second kappa shape index (κ2) is 4.13. The predicted molar refractivity (Wildman–Crippen MR) is 58.5 cm³/mol. The Kier molecular flexibility index (Phi) is 2.67. The lowest BCUT2D eigenvalue weighted by Gasteiger charge is -2.09. The zero-order chi connectivity index (χ0) is 10.7. The fraction of sp³-hybridized carbons (Fsp3) is 0.273. The zero-order valence-electron chi connectivity index (χ0n) is 8.77. The lowest BCUT2D eigenvalue weighted by molar-refractivity contribution is 0.568. The molecule has 0 fully saturated rings. The highest BCUT2D eigenvalue weighted by molar-refractivity contribution is 5.58. The van der Waals surface area contributed by atoms with Gasteiger partial charge in [-0.1, -0.05) is 0 Å². The normalized spacial score (nSPS) is 10.6. The maximum Gasteiger partial charge on any atom is 0.247 e. The highest BCUT2D eigenvalue weighted by atomic mass is 16.4. The topological polar surface area (TPSA) is 51.0 Å². The maximum absolute atomic E-state index is 5.10. The van der Waals surface area contributed by atoms with Gasteiger partial charge in [0.05, 0.1) is 0 Å². The van der Waals surface area contributed by atoms with Crippen molar-refractivity contribution in [3.05, 3.63) is 30.7 Å². The predicted octanol–water partition coefficient (Wildman–Crippen LogP) is 2.56. The molecule has 15 heavy (non-hydrogen) atoms. The number of aromatic nitrogens is 2. The minimum absolute atomic E-state index is 0.430. The van der Waals surface area contributed by atoms with Crippen molar-refractivity contribution in [1.29, 1.82) is 0 Å². The second-order valence-electron chi connectivity index (χ2n) is 3.62. The van der Waals surface area contributed by atoms with Gasteiger partial charge in [0, 0.05) is 17.3 Å². The van der Waals surface area contributed by atoms with Crippen molar-refractivity contribution in [1.82, 2.24) is 10.2 Å². The molecule has 0 aliphatic rings. The van der Waals surface area contributed by atoms with E-state index in [9.17, 15) is 0 Å². The van der Waals surface area contributed by atoms with Gasteiger partial charge in [-0.2, -0.15) is 0 Å². The molecule has 4 nitrogen and oxygen atoms in total. The summed E-state index contributed by atoms with van der Waals surface area (Å²) in [6.45, 7) is 4.21. The first kappa shape index (κ1) is 9.71. The summed E-state index contributed by atoms with van der Waals surface area (Å²) in [5.41, 5.74) is 2.02. The Bertz CT molecular complexity index is 406. The molecule has 2 aromatic rings. The number of hydrogen-bond donors (Lipinski definition) is 1. The highest BCUT2D eigenvalue weighted by Gasteiger charge is 2.02. The van der Waals surface area contributed by atoms with Crippen LogP contribution < -0.4 is 5.32 Å². The summed E-state index contributed by atoms with van der Waals surface area (Å²) < 4.78 is 5.10. The van der Waals surface area contributed by atoms with Crippen molar-refractivity contribution in [2.45, 2.75) is 19.9 Å². The Labute approximate surface area is 88.3 Å². The first-order valence-corrected chi connectivity index (χ1v) is 4.89. The number of hydrogen-bond acceptors (Lipinski definition) is 4. The zero-order valence-corrected chi connectivity index (χ0v) is 8.77. The van der Waals surface area contributed by atoms with Crippen molar-refractivity contribution < 1.29 is 4.42 Å². The Balaban J connectivity index is 2.17. The van der Waals surface area contributed by atoms with Crippen LogP contribution in [0.4, 0.5) is 5.69 Å². The Hall–Kier alpha value is -1.84. The summed E-state index contributed by atoms with van der Waals surface area (Å²) in [5.74, 6) is 0.547. The largest absolute Gasteiger partial charge is 0.423 e. The van der Waals surface area contributed by atoms with Gasteiger partial charge in [0.1, 0.15) is 0 Å². The molecule has 0 aliphatic carbocycles. The highest BCUT2D eigenvalue weighted by Crippen LogP contribution is 2.19. The molecule has 78 valence electrons.